The smallest absolute Gasteiger partial charge is 0.225 e. The molecule has 0 aliphatic heterocycles. The molecule has 0 bridgehead atoms. The van der Waals surface area contributed by atoms with Crippen molar-refractivity contribution in [2.45, 2.75) is 33.6 Å². The van der Waals surface area contributed by atoms with Crippen molar-refractivity contribution in [1.82, 2.24) is 10.3 Å². The summed E-state index contributed by atoms with van der Waals surface area (Å²) in [7, 11) is 0. The molecule has 4 heteroatoms. The van der Waals surface area contributed by atoms with Crippen LogP contribution < -0.4 is 5.32 Å². The van der Waals surface area contributed by atoms with Gasteiger partial charge < -0.3 is 5.32 Å². The summed E-state index contributed by atoms with van der Waals surface area (Å²) in [5.74, 6) is 0.562. The predicted octanol–water partition coefficient (Wildman–Crippen LogP) is 3.36. The fraction of sp³-hybridized carbons (Fsp3) is 0.412. The van der Waals surface area contributed by atoms with E-state index >= 15 is 0 Å². The van der Waals surface area contributed by atoms with Crippen molar-refractivity contribution >= 4 is 17.2 Å². The van der Waals surface area contributed by atoms with E-state index < -0.39 is 0 Å². The molecule has 0 unspecified atom stereocenters. The summed E-state index contributed by atoms with van der Waals surface area (Å²) in [5, 5.41) is 4.03. The minimum absolute atomic E-state index is 0.0849. The van der Waals surface area contributed by atoms with Crippen LogP contribution in [0.4, 0.5) is 0 Å². The van der Waals surface area contributed by atoms with Gasteiger partial charge >= 0.3 is 0 Å². The Balaban J connectivity index is 1.97. The topological polar surface area (TPSA) is 42.0 Å². The summed E-state index contributed by atoms with van der Waals surface area (Å²) in [4.78, 5) is 17.6. The fourth-order valence-corrected chi connectivity index (χ4v) is 3.13. The highest BCUT2D eigenvalue weighted by Gasteiger charge is 2.12. The molecule has 21 heavy (non-hydrogen) atoms. The van der Waals surface area contributed by atoms with Gasteiger partial charge in [0.05, 0.1) is 17.1 Å². The standard InChI is InChI=1S/C17H22N2OS/c1-12(2)11-18-16(20)10-15-13(3)19-17(21-15)9-14-7-5-4-6-8-14/h4-8,12H,9-11H2,1-3H3,(H,18,20). The fourth-order valence-electron chi connectivity index (χ4n) is 2.02. The van der Waals surface area contributed by atoms with Gasteiger partial charge in [-0.2, -0.15) is 0 Å². The number of rotatable bonds is 6. The normalized spacial score (nSPS) is 10.9. The molecule has 0 spiro atoms. The Hall–Kier alpha value is -1.68. The van der Waals surface area contributed by atoms with Crippen molar-refractivity contribution in [3.8, 4) is 0 Å². The Kier molecular flexibility index (Phi) is 5.51. The number of nitrogens with one attached hydrogen (secondary N) is 1. The van der Waals surface area contributed by atoms with Crippen LogP contribution in [0.2, 0.25) is 0 Å². The summed E-state index contributed by atoms with van der Waals surface area (Å²) in [6, 6.07) is 10.3. The first-order chi connectivity index (χ1) is 10.0. The third-order valence-electron chi connectivity index (χ3n) is 3.16. The van der Waals surface area contributed by atoms with E-state index in [2.05, 4.69) is 36.3 Å². The zero-order valence-electron chi connectivity index (χ0n) is 12.8. The third-order valence-corrected chi connectivity index (χ3v) is 4.32. The van der Waals surface area contributed by atoms with Crippen LogP contribution in [0.25, 0.3) is 0 Å². The van der Waals surface area contributed by atoms with Crippen LogP contribution >= 0.6 is 11.3 Å². The van der Waals surface area contributed by atoms with Crippen LogP contribution in [0.3, 0.4) is 0 Å². The zero-order valence-corrected chi connectivity index (χ0v) is 13.7. The van der Waals surface area contributed by atoms with Gasteiger partial charge in [-0.1, -0.05) is 44.2 Å². The Morgan fingerprint density at radius 3 is 2.67 bits per heavy atom. The second-order valence-electron chi connectivity index (χ2n) is 5.65. The summed E-state index contributed by atoms with van der Waals surface area (Å²) in [6.07, 6.45) is 1.27. The van der Waals surface area contributed by atoms with Crippen molar-refractivity contribution < 1.29 is 4.79 Å². The molecule has 1 N–H and O–H groups in total. The number of hydrogen-bond donors (Lipinski definition) is 1. The number of benzene rings is 1. The molecule has 0 aliphatic rings. The van der Waals surface area contributed by atoms with Gasteiger partial charge in [0, 0.05) is 17.8 Å². The second kappa shape index (κ2) is 7.36. The first-order valence-electron chi connectivity index (χ1n) is 7.30. The van der Waals surface area contributed by atoms with E-state index in [1.165, 1.54) is 5.56 Å². The Morgan fingerprint density at radius 1 is 1.29 bits per heavy atom. The largest absolute Gasteiger partial charge is 0.356 e. The van der Waals surface area contributed by atoms with Gasteiger partial charge in [0.25, 0.3) is 0 Å². The molecule has 1 aromatic carbocycles. The lowest BCUT2D eigenvalue weighted by Crippen LogP contribution is -2.28. The van der Waals surface area contributed by atoms with Crippen LogP contribution in [-0.2, 0) is 17.6 Å². The van der Waals surface area contributed by atoms with Crippen molar-refractivity contribution in [1.29, 1.82) is 0 Å². The molecule has 2 rings (SSSR count). The summed E-state index contributed by atoms with van der Waals surface area (Å²) >= 11 is 1.64. The van der Waals surface area contributed by atoms with E-state index in [4.69, 9.17) is 0 Å². The molecule has 0 saturated heterocycles. The van der Waals surface area contributed by atoms with Gasteiger partial charge in [-0.3, -0.25) is 4.79 Å². The van der Waals surface area contributed by atoms with Gasteiger partial charge in [-0.25, -0.2) is 4.98 Å². The van der Waals surface area contributed by atoms with Crippen LogP contribution in [0.1, 0.15) is 35.0 Å². The highest BCUT2D eigenvalue weighted by molar-refractivity contribution is 7.11. The average Bonchev–Trinajstić information content (AvgIpc) is 2.77. The highest BCUT2D eigenvalue weighted by atomic mass is 32.1. The Morgan fingerprint density at radius 2 is 2.00 bits per heavy atom. The average molecular weight is 302 g/mol. The molecule has 0 aliphatic carbocycles. The lowest BCUT2D eigenvalue weighted by atomic mass is 10.2. The van der Waals surface area contributed by atoms with E-state index in [-0.39, 0.29) is 5.91 Å². The first-order valence-corrected chi connectivity index (χ1v) is 8.12. The van der Waals surface area contributed by atoms with Gasteiger partial charge in [0.2, 0.25) is 5.91 Å². The van der Waals surface area contributed by atoms with Gasteiger partial charge in [-0.05, 0) is 18.4 Å². The third kappa shape index (κ3) is 4.97. The number of aromatic nitrogens is 1. The van der Waals surface area contributed by atoms with Crippen LogP contribution in [0, 0.1) is 12.8 Å². The number of thiazole rings is 1. The molecule has 1 heterocycles. The molecule has 2 aromatic rings. The Labute approximate surface area is 130 Å². The highest BCUT2D eigenvalue weighted by Crippen LogP contribution is 2.21. The quantitative estimate of drug-likeness (QED) is 0.889. The number of carbonyl (C=O) groups is 1. The Bertz CT molecular complexity index is 590. The van der Waals surface area contributed by atoms with Crippen LogP contribution in [-0.4, -0.2) is 17.4 Å². The lowest BCUT2D eigenvalue weighted by molar-refractivity contribution is -0.120. The van der Waals surface area contributed by atoms with Crippen molar-refractivity contribution in [3.05, 3.63) is 51.5 Å². The molecule has 0 fully saturated rings. The van der Waals surface area contributed by atoms with E-state index in [1.807, 2.05) is 25.1 Å². The monoisotopic (exact) mass is 302 g/mol. The van der Waals surface area contributed by atoms with Gasteiger partial charge in [-0.15, -0.1) is 11.3 Å². The number of aryl methyl sites for hydroxylation is 1. The maximum atomic E-state index is 11.9. The van der Waals surface area contributed by atoms with E-state index in [1.54, 1.807) is 11.3 Å². The van der Waals surface area contributed by atoms with Gasteiger partial charge in [0.15, 0.2) is 0 Å². The predicted molar refractivity (Wildman–Crippen MR) is 87.7 cm³/mol. The summed E-state index contributed by atoms with van der Waals surface area (Å²) in [6.45, 7) is 6.90. The summed E-state index contributed by atoms with van der Waals surface area (Å²) in [5.41, 5.74) is 2.23. The molecule has 0 atom stereocenters. The SMILES string of the molecule is Cc1nc(Cc2ccccc2)sc1CC(=O)NCC(C)C. The first kappa shape index (κ1) is 15.7. The van der Waals surface area contributed by atoms with E-state index in [0.717, 1.165) is 28.5 Å². The van der Waals surface area contributed by atoms with Crippen molar-refractivity contribution in [3.63, 3.8) is 0 Å². The van der Waals surface area contributed by atoms with Crippen LogP contribution in [0.5, 0.6) is 0 Å². The number of hydrogen-bond acceptors (Lipinski definition) is 3. The molecule has 1 amide bonds. The van der Waals surface area contributed by atoms with Crippen molar-refractivity contribution in [2.75, 3.05) is 6.54 Å². The molecular formula is C17H22N2OS. The molecule has 1 aromatic heterocycles. The minimum Gasteiger partial charge on any atom is -0.356 e. The van der Waals surface area contributed by atoms with Gasteiger partial charge in [0.1, 0.15) is 0 Å². The maximum Gasteiger partial charge on any atom is 0.225 e. The lowest BCUT2D eigenvalue weighted by Gasteiger charge is -2.06. The minimum atomic E-state index is 0.0849. The zero-order chi connectivity index (χ0) is 15.2. The summed E-state index contributed by atoms with van der Waals surface area (Å²) < 4.78 is 0. The van der Waals surface area contributed by atoms with Crippen molar-refractivity contribution in [2.24, 2.45) is 5.92 Å². The van der Waals surface area contributed by atoms with Crippen LogP contribution in [0.15, 0.2) is 30.3 Å². The maximum absolute atomic E-state index is 11.9. The molecule has 112 valence electrons. The van der Waals surface area contributed by atoms with E-state index in [0.29, 0.717) is 12.3 Å². The molecule has 0 saturated carbocycles. The number of carbonyl (C=O) groups excluding carboxylic acids is 1. The second-order valence-corrected chi connectivity index (χ2v) is 6.82. The van der Waals surface area contributed by atoms with E-state index in [9.17, 15) is 4.79 Å². The number of amides is 1. The number of nitrogens with zero attached hydrogens (tertiary/aromatic N) is 1. The molecule has 3 nitrogen and oxygen atoms in total. The molecule has 0 radical (unpaired) electrons. The molecular weight excluding hydrogens is 280 g/mol.